The molecule has 20 nitrogen and oxygen atoms in total. The SMILES string of the molecule is CC(=O)[C@H](CO)CC(=O)[C@@H](C)CSCC(=O)NCCNC(=O)COCCOCCNC(=O)COCCOCCCC(=O)CC[C@H](NC(=O)CCCCCCCCCCCCCCCCC(=O)O)C(=O)O. The van der Waals surface area contributed by atoms with Crippen molar-refractivity contribution in [2.75, 3.05) is 90.6 Å². The summed E-state index contributed by atoms with van der Waals surface area (Å²) in [6, 6.07) is -1.12. The Kier molecular flexibility index (Phi) is 43.4. The first-order valence-electron chi connectivity index (χ1n) is 25.2. The number of hydrogen-bond donors (Lipinski definition) is 7. The first-order chi connectivity index (χ1) is 33.7. The minimum atomic E-state index is -1.17. The minimum absolute atomic E-state index is 0.0199. The number of rotatable bonds is 51. The molecule has 0 aromatic heterocycles. The molecule has 0 aliphatic heterocycles. The predicted octanol–water partition coefficient (Wildman–Crippen LogP) is 3.95. The van der Waals surface area contributed by atoms with E-state index in [0.717, 1.165) is 44.9 Å². The standard InChI is InChI=1S/C49H86N4O16S/c1-38(43(57)32-40(33-54)39(2)55)36-70-37-47(61)51-24-23-50-45(59)34-69-31-29-67-27-25-52-46(60)35-68-30-28-66-26-17-18-41(56)21-22-42(49(64)65)53-44(58)19-15-13-11-9-7-5-3-4-6-8-10-12-14-16-20-48(62)63/h38,40,42,54H,3-37H2,1-2H3,(H,50,59)(H,51,61)(H,52,60)(H,53,58)(H,62,63)(H,64,65)/t38-,40-,42-/m0/s1. The molecule has 0 saturated heterocycles. The van der Waals surface area contributed by atoms with E-state index in [9.17, 15) is 53.4 Å². The van der Waals surface area contributed by atoms with Crippen LogP contribution in [-0.4, -0.2) is 165 Å². The molecule has 0 fully saturated rings. The fraction of sp³-hybridized carbons (Fsp3) is 0.816. The number of aliphatic carboxylic acids is 2. The van der Waals surface area contributed by atoms with Crippen LogP contribution in [0.2, 0.25) is 0 Å². The highest BCUT2D eigenvalue weighted by Gasteiger charge is 2.22. The van der Waals surface area contributed by atoms with Crippen LogP contribution in [-0.2, 0) is 62.1 Å². The number of Topliss-reactive ketones (excluding diaryl/α,β-unsaturated/α-hetero) is 3. The molecule has 0 bridgehead atoms. The molecule has 4 amide bonds. The van der Waals surface area contributed by atoms with E-state index in [1.165, 1.54) is 57.2 Å². The number of carbonyl (C=O) groups excluding carboxylic acids is 7. The highest BCUT2D eigenvalue weighted by Crippen LogP contribution is 2.16. The summed E-state index contributed by atoms with van der Waals surface area (Å²) in [6.45, 7) is 4.23. The fourth-order valence-electron chi connectivity index (χ4n) is 6.80. The third-order valence-electron chi connectivity index (χ3n) is 11.1. The van der Waals surface area contributed by atoms with Crippen molar-refractivity contribution < 1.29 is 77.4 Å². The Morgan fingerprint density at radius 1 is 0.529 bits per heavy atom. The van der Waals surface area contributed by atoms with Crippen LogP contribution in [0.25, 0.3) is 0 Å². The second-order valence-corrected chi connectivity index (χ2v) is 18.5. The molecule has 0 rings (SSSR count). The molecule has 0 aliphatic carbocycles. The van der Waals surface area contributed by atoms with Gasteiger partial charge in [-0.15, -0.1) is 0 Å². The van der Waals surface area contributed by atoms with Crippen LogP contribution in [0.3, 0.4) is 0 Å². The molecule has 0 aromatic carbocycles. The summed E-state index contributed by atoms with van der Waals surface area (Å²) in [5.41, 5.74) is 0. The van der Waals surface area contributed by atoms with Crippen molar-refractivity contribution in [3.63, 3.8) is 0 Å². The number of thioether (sulfide) groups is 1. The summed E-state index contributed by atoms with van der Waals surface area (Å²) in [5, 5.41) is 37.9. The van der Waals surface area contributed by atoms with Crippen molar-refractivity contribution in [2.45, 2.75) is 155 Å². The normalized spacial score (nSPS) is 12.4. The number of hydrogen-bond acceptors (Lipinski definition) is 15. The Morgan fingerprint density at radius 3 is 1.53 bits per heavy atom. The van der Waals surface area contributed by atoms with E-state index in [-0.39, 0.29) is 164 Å². The number of ether oxygens (including phenoxy) is 4. The van der Waals surface area contributed by atoms with Gasteiger partial charge >= 0.3 is 11.9 Å². The highest BCUT2D eigenvalue weighted by atomic mass is 32.2. The smallest absolute Gasteiger partial charge is 0.326 e. The van der Waals surface area contributed by atoms with Gasteiger partial charge in [-0.05, 0) is 32.6 Å². The molecule has 0 aliphatic rings. The molecular formula is C49H86N4O16S. The number of aliphatic hydroxyl groups excluding tert-OH is 1. The van der Waals surface area contributed by atoms with E-state index in [1.54, 1.807) is 6.92 Å². The zero-order valence-electron chi connectivity index (χ0n) is 42.0. The van der Waals surface area contributed by atoms with Crippen LogP contribution in [0.5, 0.6) is 0 Å². The summed E-state index contributed by atoms with van der Waals surface area (Å²) in [6.07, 6.45) is 16.2. The monoisotopic (exact) mass is 1020 g/mol. The van der Waals surface area contributed by atoms with Gasteiger partial charge in [-0.3, -0.25) is 38.4 Å². The topological polar surface area (TPSA) is 299 Å². The van der Waals surface area contributed by atoms with Crippen molar-refractivity contribution in [3.05, 3.63) is 0 Å². The number of aliphatic hydroxyl groups is 1. The van der Waals surface area contributed by atoms with Gasteiger partial charge in [0.1, 0.15) is 36.6 Å². The largest absolute Gasteiger partial charge is 0.481 e. The maximum absolute atomic E-state index is 12.4. The molecule has 0 radical (unpaired) electrons. The quantitative estimate of drug-likeness (QED) is 0.0425. The Balaban J connectivity index is 3.70. The van der Waals surface area contributed by atoms with Crippen molar-refractivity contribution in [3.8, 4) is 0 Å². The molecule has 3 atom stereocenters. The third kappa shape index (κ3) is 42.8. The van der Waals surface area contributed by atoms with Crippen LogP contribution < -0.4 is 21.3 Å². The van der Waals surface area contributed by atoms with Gasteiger partial charge in [0, 0.05) is 75.9 Å². The molecule has 0 spiro atoms. The number of carboxylic acid groups (broad SMARTS) is 2. The summed E-state index contributed by atoms with van der Waals surface area (Å²) >= 11 is 1.28. The van der Waals surface area contributed by atoms with Crippen LogP contribution in [0, 0.1) is 11.8 Å². The summed E-state index contributed by atoms with van der Waals surface area (Å²) in [7, 11) is 0. The van der Waals surface area contributed by atoms with Gasteiger partial charge in [-0.1, -0.05) is 84.0 Å². The lowest BCUT2D eigenvalue weighted by atomic mass is 9.94. The average molecular weight is 1020 g/mol. The number of amides is 4. The minimum Gasteiger partial charge on any atom is -0.481 e. The Hall–Kier alpha value is -4.02. The predicted molar refractivity (Wildman–Crippen MR) is 264 cm³/mol. The first kappa shape index (κ1) is 66.0. The van der Waals surface area contributed by atoms with E-state index < -0.39 is 23.9 Å². The van der Waals surface area contributed by atoms with E-state index in [2.05, 4.69) is 21.3 Å². The van der Waals surface area contributed by atoms with Crippen LogP contribution in [0.1, 0.15) is 149 Å². The van der Waals surface area contributed by atoms with E-state index in [1.807, 2.05) is 0 Å². The van der Waals surface area contributed by atoms with Gasteiger partial charge in [0.2, 0.25) is 23.6 Å². The Morgan fingerprint density at radius 2 is 1.01 bits per heavy atom. The molecule has 70 heavy (non-hydrogen) atoms. The Labute approximate surface area is 419 Å². The zero-order chi connectivity index (χ0) is 52.0. The average Bonchev–Trinajstić information content (AvgIpc) is 3.31. The third-order valence-corrected chi connectivity index (χ3v) is 12.3. The van der Waals surface area contributed by atoms with E-state index in [4.69, 9.17) is 24.1 Å². The molecule has 0 heterocycles. The van der Waals surface area contributed by atoms with Gasteiger partial charge < -0.3 is 55.5 Å². The number of ketones is 3. The molecule has 7 N–H and O–H groups in total. The lowest BCUT2D eigenvalue weighted by Gasteiger charge is -2.14. The molecule has 0 saturated carbocycles. The van der Waals surface area contributed by atoms with Gasteiger partial charge in [0.15, 0.2) is 0 Å². The van der Waals surface area contributed by atoms with Crippen LogP contribution >= 0.6 is 11.8 Å². The zero-order valence-corrected chi connectivity index (χ0v) is 42.9. The van der Waals surface area contributed by atoms with Crippen molar-refractivity contribution in [1.82, 2.24) is 21.3 Å². The van der Waals surface area contributed by atoms with Crippen LogP contribution in [0.15, 0.2) is 0 Å². The van der Waals surface area contributed by atoms with Crippen molar-refractivity contribution in [1.29, 1.82) is 0 Å². The molecule has 0 unspecified atom stereocenters. The number of unbranched alkanes of at least 4 members (excludes halogenated alkanes) is 13. The number of carbonyl (C=O) groups is 9. The summed E-state index contributed by atoms with van der Waals surface area (Å²) < 4.78 is 21.4. The van der Waals surface area contributed by atoms with Gasteiger partial charge in [-0.2, -0.15) is 11.8 Å². The molecule has 404 valence electrons. The first-order valence-corrected chi connectivity index (χ1v) is 26.4. The van der Waals surface area contributed by atoms with E-state index >= 15 is 0 Å². The Bertz CT molecular complexity index is 1490. The summed E-state index contributed by atoms with van der Waals surface area (Å²) in [4.78, 5) is 107. The second kappa shape index (κ2) is 46.1. The van der Waals surface area contributed by atoms with E-state index in [0.29, 0.717) is 25.2 Å². The van der Waals surface area contributed by atoms with Gasteiger partial charge in [0.05, 0.1) is 45.4 Å². The van der Waals surface area contributed by atoms with Gasteiger partial charge in [0.25, 0.3) is 0 Å². The maximum Gasteiger partial charge on any atom is 0.326 e. The molecule has 21 heteroatoms. The second-order valence-electron chi connectivity index (χ2n) is 17.4. The molecular weight excluding hydrogens is 933 g/mol. The fourth-order valence-corrected chi connectivity index (χ4v) is 7.74. The molecule has 0 aromatic rings. The van der Waals surface area contributed by atoms with Crippen LogP contribution in [0.4, 0.5) is 0 Å². The lowest BCUT2D eigenvalue weighted by molar-refractivity contribution is -0.142. The number of nitrogens with one attached hydrogen (secondary N) is 4. The highest BCUT2D eigenvalue weighted by molar-refractivity contribution is 7.99. The maximum atomic E-state index is 12.4. The van der Waals surface area contributed by atoms with Crippen molar-refractivity contribution >= 4 is 64.7 Å². The van der Waals surface area contributed by atoms with Crippen molar-refractivity contribution in [2.24, 2.45) is 11.8 Å². The number of carboxylic acids is 2. The summed E-state index contributed by atoms with van der Waals surface area (Å²) in [5.74, 6) is -4.16. The lowest BCUT2D eigenvalue weighted by Crippen LogP contribution is -2.41. The van der Waals surface area contributed by atoms with Gasteiger partial charge in [-0.25, -0.2) is 4.79 Å².